The number of carboxylic acids is 1. The highest BCUT2D eigenvalue weighted by Crippen LogP contribution is 2.33. The van der Waals surface area contributed by atoms with Crippen molar-refractivity contribution in [1.82, 2.24) is 4.90 Å². The largest absolute Gasteiger partial charge is 0.478 e. The van der Waals surface area contributed by atoms with E-state index in [0.29, 0.717) is 10.5 Å². The van der Waals surface area contributed by atoms with Crippen molar-refractivity contribution in [2.45, 2.75) is 13.5 Å². The lowest BCUT2D eigenvalue weighted by Crippen LogP contribution is -2.27. The predicted molar refractivity (Wildman–Crippen MR) is 96.1 cm³/mol. The highest BCUT2D eigenvalue weighted by atomic mass is 32.2. The molecule has 2 aromatic carbocycles. The van der Waals surface area contributed by atoms with Crippen molar-refractivity contribution >= 4 is 35.0 Å². The van der Waals surface area contributed by atoms with Crippen LogP contribution in [0.4, 0.5) is 4.79 Å². The molecule has 0 atom stereocenters. The number of carbonyl (C=O) groups is 3. The highest BCUT2D eigenvalue weighted by molar-refractivity contribution is 8.18. The molecule has 6 heteroatoms. The van der Waals surface area contributed by atoms with Crippen molar-refractivity contribution < 1.29 is 19.5 Å². The summed E-state index contributed by atoms with van der Waals surface area (Å²) in [5.41, 5.74) is 2.85. The molecule has 0 radical (unpaired) electrons. The fourth-order valence-corrected chi connectivity index (χ4v) is 3.22. The molecule has 2 aromatic rings. The molecule has 0 bridgehead atoms. The molecule has 1 N–H and O–H groups in total. The minimum Gasteiger partial charge on any atom is -0.478 e. The lowest BCUT2D eigenvalue weighted by molar-refractivity contribution is -0.123. The van der Waals surface area contributed by atoms with E-state index in [0.717, 1.165) is 22.9 Å². The van der Waals surface area contributed by atoms with Gasteiger partial charge in [-0.2, -0.15) is 0 Å². The number of aromatic carboxylic acids is 1. The zero-order chi connectivity index (χ0) is 18.0. The van der Waals surface area contributed by atoms with Crippen LogP contribution in [0.1, 0.15) is 27.0 Å². The van der Waals surface area contributed by atoms with Crippen LogP contribution in [0.5, 0.6) is 0 Å². The fourth-order valence-electron chi connectivity index (χ4n) is 2.39. The Morgan fingerprint density at radius 3 is 2.32 bits per heavy atom. The van der Waals surface area contributed by atoms with E-state index in [-0.39, 0.29) is 23.3 Å². The summed E-state index contributed by atoms with van der Waals surface area (Å²) in [7, 11) is 0. The van der Waals surface area contributed by atoms with Crippen LogP contribution in [0, 0.1) is 6.92 Å². The quantitative estimate of drug-likeness (QED) is 0.843. The summed E-state index contributed by atoms with van der Waals surface area (Å²) in [5, 5.41) is 8.60. The molecular weight excluding hydrogens is 338 g/mol. The smallest absolute Gasteiger partial charge is 0.335 e. The first-order valence-corrected chi connectivity index (χ1v) is 8.40. The van der Waals surface area contributed by atoms with Crippen LogP contribution in [-0.2, 0) is 11.3 Å². The Morgan fingerprint density at radius 1 is 1.08 bits per heavy atom. The number of hydrogen-bond donors (Lipinski definition) is 1. The van der Waals surface area contributed by atoms with Crippen LogP contribution < -0.4 is 0 Å². The monoisotopic (exact) mass is 353 g/mol. The summed E-state index contributed by atoms with van der Waals surface area (Å²) in [5.74, 6) is -1.34. The van der Waals surface area contributed by atoms with E-state index < -0.39 is 5.97 Å². The summed E-state index contributed by atoms with van der Waals surface area (Å²) >= 11 is 0.892. The molecule has 2 amide bonds. The Hall–Kier alpha value is -2.86. The number of aryl methyl sites for hydroxylation is 1. The van der Waals surface area contributed by atoms with Crippen LogP contribution in [0.2, 0.25) is 0 Å². The van der Waals surface area contributed by atoms with E-state index in [2.05, 4.69) is 0 Å². The second kappa shape index (κ2) is 6.94. The summed E-state index contributed by atoms with van der Waals surface area (Å²) in [6.07, 6.45) is 1.60. The van der Waals surface area contributed by atoms with Gasteiger partial charge in [-0.1, -0.05) is 42.0 Å². The maximum atomic E-state index is 12.5. The predicted octanol–water partition coefficient (Wildman–Crippen LogP) is 3.93. The van der Waals surface area contributed by atoms with Gasteiger partial charge in [-0.05, 0) is 48.0 Å². The lowest BCUT2D eigenvalue weighted by atomic mass is 10.1. The van der Waals surface area contributed by atoms with Crippen LogP contribution in [-0.4, -0.2) is 27.1 Å². The molecule has 3 rings (SSSR count). The van der Waals surface area contributed by atoms with Crippen LogP contribution >= 0.6 is 11.8 Å². The topological polar surface area (TPSA) is 74.7 Å². The zero-order valence-corrected chi connectivity index (χ0v) is 14.2. The Kier molecular flexibility index (Phi) is 4.72. The van der Waals surface area contributed by atoms with Crippen LogP contribution in [0.15, 0.2) is 53.4 Å². The summed E-state index contributed by atoms with van der Waals surface area (Å²) in [6.45, 7) is 2.21. The van der Waals surface area contributed by atoms with Crippen molar-refractivity contribution in [2.75, 3.05) is 0 Å². The van der Waals surface area contributed by atoms with Crippen molar-refractivity contribution in [3.05, 3.63) is 75.7 Å². The van der Waals surface area contributed by atoms with Crippen LogP contribution in [0.25, 0.3) is 6.08 Å². The third-order valence-corrected chi connectivity index (χ3v) is 4.70. The average Bonchev–Trinajstić information content (AvgIpc) is 2.85. The van der Waals surface area contributed by atoms with Gasteiger partial charge in [0.15, 0.2) is 0 Å². The van der Waals surface area contributed by atoms with E-state index >= 15 is 0 Å². The Balaban J connectivity index is 1.78. The van der Waals surface area contributed by atoms with E-state index in [1.807, 2.05) is 31.2 Å². The standard InChI is InChI=1S/C19H15NO4S/c1-12-2-4-14(5-3-12)11-20-17(21)16(25-19(20)24)10-13-6-8-15(9-7-13)18(22)23/h2-10H,11H2,1H3,(H,22,23)/b16-10+. The number of carbonyl (C=O) groups excluding carboxylic acids is 2. The summed E-state index contributed by atoms with van der Waals surface area (Å²) in [6, 6.07) is 13.8. The number of rotatable bonds is 4. The number of thioether (sulfide) groups is 1. The summed E-state index contributed by atoms with van der Waals surface area (Å²) < 4.78 is 0. The van der Waals surface area contributed by atoms with Gasteiger partial charge in [-0.15, -0.1) is 0 Å². The van der Waals surface area contributed by atoms with Gasteiger partial charge < -0.3 is 5.11 Å². The van der Waals surface area contributed by atoms with E-state index in [4.69, 9.17) is 5.11 Å². The summed E-state index contributed by atoms with van der Waals surface area (Å²) in [4.78, 5) is 37.1. The molecule has 1 fully saturated rings. The van der Waals surface area contributed by atoms with Crippen molar-refractivity contribution in [1.29, 1.82) is 0 Å². The molecular formula is C19H15NO4S. The highest BCUT2D eigenvalue weighted by Gasteiger charge is 2.34. The second-order valence-corrected chi connectivity index (χ2v) is 6.67. The third-order valence-electron chi connectivity index (χ3n) is 3.79. The maximum Gasteiger partial charge on any atom is 0.335 e. The fraction of sp³-hybridized carbons (Fsp3) is 0.105. The molecule has 1 heterocycles. The first-order valence-electron chi connectivity index (χ1n) is 7.58. The van der Waals surface area contributed by atoms with Crippen LogP contribution in [0.3, 0.4) is 0 Å². The van der Waals surface area contributed by atoms with E-state index in [1.165, 1.54) is 17.0 Å². The molecule has 0 aliphatic carbocycles. The van der Waals surface area contributed by atoms with Crippen molar-refractivity contribution in [3.8, 4) is 0 Å². The normalized spacial score (nSPS) is 15.9. The number of benzene rings is 2. The van der Waals surface area contributed by atoms with Gasteiger partial charge in [-0.25, -0.2) is 4.79 Å². The Bertz CT molecular complexity index is 869. The Morgan fingerprint density at radius 2 is 1.72 bits per heavy atom. The number of carboxylic acid groups (broad SMARTS) is 1. The first-order chi connectivity index (χ1) is 11.9. The van der Waals surface area contributed by atoms with Crippen molar-refractivity contribution in [2.24, 2.45) is 0 Å². The van der Waals surface area contributed by atoms with Gasteiger partial charge in [0.05, 0.1) is 17.0 Å². The first kappa shape index (κ1) is 17.0. The molecule has 25 heavy (non-hydrogen) atoms. The van der Waals surface area contributed by atoms with Gasteiger partial charge in [0.1, 0.15) is 0 Å². The molecule has 1 aliphatic heterocycles. The van der Waals surface area contributed by atoms with Gasteiger partial charge in [-0.3, -0.25) is 14.5 Å². The minimum absolute atomic E-state index is 0.171. The number of imide groups is 1. The average molecular weight is 353 g/mol. The molecule has 5 nitrogen and oxygen atoms in total. The number of hydrogen-bond acceptors (Lipinski definition) is 4. The zero-order valence-electron chi connectivity index (χ0n) is 13.4. The molecule has 0 spiro atoms. The molecule has 0 saturated carbocycles. The van der Waals surface area contributed by atoms with Crippen molar-refractivity contribution in [3.63, 3.8) is 0 Å². The molecule has 1 saturated heterocycles. The molecule has 0 aromatic heterocycles. The number of nitrogens with zero attached hydrogens (tertiary/aromatic N) is 1. The third kappa shape index (κ3) is 3.80. The molecule has 1 aliphatic rings. The lowest BCUT2D eigenvalue weighted by Gasteiger charge is -2.12. The minimum atomic E-state index is -1.01. The maximum absolute atomic E-state index is 12.5. The van der Waals surface area contributed by atoms with E-state index in [1.54, 1.807) is 18.2 Å². The SMILES string of the molecule is Cc1ccc(CN2C(=O)S/C(=C/c3ccc(C(=O)O)cc3)C2=O)cc1. The van der Waals surface area contributed by atoms with Gasteiger partial charge in [0.25, 0.3) is 11.1 Å². The number of amides is 2. The molecule has 126 valence electrons. The van der Waals surface area contributed by atoms with Gasteiger partial charge >= 0.3 is 5.97 Å². The van der Waals surface area contributed by atoms with Gasteiger partial charge in [0, 0.05) is 0 Å². The molecule has 0 unspecified atom stereocenters. The Labute approximate surface area is 149 Å². The second-order valence-electron chi connectivity index (χ2n) is 5.68. The van der Waals surface area contributed by atoms with Gasteiger partial charge in [0.2, 0.25) is 0 Å². The van der Waals surface area contributed by atoms with E-state index in [9.17, 15) is 14.4 Å².